The van der Waals surface area contributed by atoms with E-state index < -0.39 is 0 Å². The molecule has 0 spiro atoms. The molecule has 1 aromatic rings. The van der Waals surface area contributed by atoms with Crippen molar-refractivity contribution >= 4 is 17.7 Å². The van der Waals surface area contributed by atoms with Gasteiger partial charge in [0.1, 0.15) is 0 Å². The van der Waals surface area contributed by atoms with Gasteiger partial charge in [0, 0.05) is 31.9 Å². The van der Waals surface area contributed by atoms with Gasteiger partial charge in [-0.25, -0.2) is 4.79 Å². The first-order valence-corrected chi connectivity index (χ1v) is 8.04. The standard InChI is InChI=1S/C17H25N3O3/c1-4-23-17(22)20-10-8-19(9-11-20)14(3)16(21)18-15-7-5-6-13(2)12-15/h5-7,12,14H,4,8-11H2,1-3H3,(H,18,21)/t14-/m1/s1. The summed E-state index contributed by atoms with van der Waals surface area (Å²) in [5.41, 5.74) is 1.92. The molecule has 126 valence electrons. The number of hydrogen-bond donors (Lipinski definition) is 1. The molecule has 1 fully saturated rings. The van der Waals surface area contributed by atoms with E-state index in [2.05, 4.69) is 10.2 Å². The quantitative estimate of drug-likeness (QED) is 0.923. The van der Waals surface area contributed by atoms with Gasteiger partial charge in [0.15, 0.2) is 0 Å². The van der Waals surface area contributed by atoms with Crippen molar-refractivity contribution in [3.05, 3.63) is 29.8 Å². The van der Waals surface area contributed by atoms with E-state index in [1.807, 2.05) is 38.1 Å². The Bertz CT molecular complexity index is 554. The Hall–Kier alpha value is -2.08. The molecule has 1 aliphatic rings. The van der Waals surface area contributed by atoms with Crippen molar-refractivity contribution in [3.8, 4) is 0 Å². The minimum absolute atomic E-state index is 0.0276. The Morgan fingerprint density at radius 2 is 1.96 bits per heavy atom. The predicted molar refractivity (Wildman–Crippen MR) is 89.4 cm³/mol. The monoisotopic (exact) mass is 319 g/mol. The summed E-state index contributed by atoms with van der Waals surface area (Å²) in [6.07, 6.45) is -0.274. The number of ether oxygens (including phenoxy) is 1. The van der Waals surface area contributed by atoms with Crippen molar-refractivity contribution in [2.45, 2.75) is 26.8 Å². The smallest absolute Gasteiger partial charge is 0.409 e. The summed E-state index contributed by atoms with van der Waals surface area (Å²) in [5.74, 6) is -0.0276. The van der Waals surface area contributed by atoms with E-state index in [1.54, 1.807) is 11.8 Å². The molecule has 0 radical (unpaired) electrons. The van der Waals surface area contributed by atoms with E-state index in [1.165, 1.54) is 0 Å². The number of rotatable bonds is 4. The average Bonchev–Trinajstić information content (AvgIpc) is 2.54. The largest absolute Gasteiger partial charge is 0.450 e. The molecule has 6 nitrogen and oxygen atoms in total. The maximum atomic E-state index is 12.4. The van der Waals surface area contributed by atoms with Gasteiger partial charge in [0.05, 0.1) is 12.6 Å². The molecule has 1 saturated heterocycles. The molecule has 0 aromatic heterocycles. The van der Waals surface area contributed by atoms with E-state index in [4.69, 9.17) is 4.74 Å². The molecule has 6 heteroatoms. The maximum Gasteiger partial charge on any atom is 0.409 e. The zero-order valence-corrected chi connectivity index (χ0v) is 14.0. The molecule has 0 bridgehead atoms. The number of aryl methyl sites for hydroxylation is 1. The van der Waals surface area contributed by atoms with Crippen molar-refractivity contribution in [3.63, 3.8) is 0 Å². The molecule has 0 aliphatic carbocycles. The summed E-state index contributed by atoms with van der Waals surface area (Å²) in [7, 11) is 0. The highest BCUT2D eigenvalue weighted by Gasteiger charge is 2.27. The highest BCUT2D eigenvalue weighted by atomic mass is 16.6. The zero-order chi connectivity index (χ0) is 16.8. The van der Waals surface area contributed by atoms with Crippen molar-refractivity contribution < 1.29 is 14.3 Å². The number of benzene rings is 1. The second-order valence-corrected chi connectivity index (χ2v) is 5.76. The molecule has 1 aromatic carbocycles. The third kappa shape index (κ3) is 4.69. The number of hydrogen-bond acceptors (Lipinski definition) is 4. The van der Waals surface area contributed by atoms with Gasteiger partial charge in [-0.1, -0.05) is 12.1 Å². The molecular weight excluding hydrogens is 294 g/mol. The predicted octanol–water partition coefficient (Wildman–Crippen LogP) is 2.10. The fourth-order valence-electron chi connectivity index (χ4n) is 2.64. The zero-order valence-electron chi connectivity index (χ0n) is 14.0. The Labute approximate surface area is 137 Å². The normalized spacial score (nSPS) is 16.7. The molecule has 1 heterocycles. The lowest BCUT2D eigenvalue weighted by molar-refractivity contribution is -0.121. The number of carbonyl (C=O) groups excluding carboxylic acids is 2. The van der Waals surface area contributed by atoms with Crippen LogP contribution >= 0.6 is 0 Å². The second-order valence-electron chi connectivity index (χ2n) is 5.76. The van der Waals surface area contributed by atoms with Crippen LogP contribution in [-0.4, -0.2) is 60.6 Å². The first-order chi connectivity index (χ1) is 11.0. The van der Waals surface area contributed by atoms with Crippen LogP contribution in [0, 0.1) is 6.92 Å². The highest BCUT2D eigenvalue weighted by molar-refractivity contribution is 5.94. The second kappa shape index (κ2) is 7.97. The van der Waals surface area contributed by atoms with Crippen molar-refractivity contribution in [1.82, 2.24) is 9.80 Å². The van der Waals surface area contributed by atoms with E-state index in [0.29, 0.717) is 32.8 Å². The number of nitrogens with zero attached hydrogens (tertiary/aromatic N) is 2. The third-order valence-corrected chi connectivity index (χ3v) is 4.05. The number of amides is 2. The lowest BCUT2D eigenvalue weighted by Gasteiger charge is -2.36. The van der Waals surface area contributed by atoms with Gasteiger partial charge in [-0.3, -0.25) is 9.69 Å². The van der Waals surface area contributed by atoms with Gasteiger partial charge in [-0.05, 0) is 38.5 Å². The van der Waals surface area contributed by atoms with Crippen molar-refractivity contribution in [2.24, 2.45) is 0 Å². The molecule has 1 aliphatic heterocycles. The fourth-order valence-corrected chi connectivity index (χ4v) is 2.64. The summed E-state index contributed by atoms with van der Waals surface area (Å²) >= 11 is 0. The molecule has 0 unspecified atom stereocenters. The number of piperazine rings is 1. The van der Waals surface area contributed by atoms with Gasteiger partial charge >= 0.3 is 6.09 Å². The molecule has 2 rings (SSSR count). The van der Waals surface area contributed by atoms with Crippen LogP contribution in [0.25, 0.3) is 0 Å². The molecule has 0 saturated carbocycles. The Kier molecular flexibility index (Phi) is 5.98. The number of anilines is 1. The van der Waals surface area contributed by atoms with E-state index in [-0.39, 0.29) is 18.0 Å². The first kappa shape index (κ1) is 17.3. The van der Waals surface area contributed by atoms with E-state index in [0.717, 1.165) is 11.3 Å². The van der Waals surface area contributed by atoms with Crippen LogP contribution in [0.1, 0.15) is 19.4 Å². The summed E-state index contributed by atoms with van der Waals surface area (Å²) < 4.78 is 5.00. The Morgan fingerprint density at radius 3 is 2.57 bits per heavy atom. The number of nitrogens with one attached hydrogen (secondary N) is 1. The topological polar surface area (TPSA) is 61.9 Å². The Balaban J connectivity index is 1.85. The summed E-state index contributed by atoms with van der Waals surface area (Å²) in [4.78, 5) is 27.8. The van der Waals surface area contributed by atoms with Crippen LogP contribution in [0.3, 0.4) is 0 Å². The van der Waals surface area contributed by atoms with E-state index in [9.17, 15) is 9.59 Å². The minimum Gasteiger partial charge on any atom is -0.450 e. The van der Waals surface area contributed by atoms with Gasteiger partial charge in [0.2, 0.25) is 5.91 Å². The lowest BCUT2D eigenvalue weighted by Crippen LogP contribution is -2.54. The molecule has 1 N–H and O–H groups in total. The summed E-state index contributed by atoms with van der Waals surface area (Å²) in [5, 5.41) is 2.95. The Morgan fingerprint density at radius 1 is 1.26 bits per heavy atom. The van der Waals surface area contributed by atoms with Crippen LogP contribution in [0.15, 0.2) is 24.3 Å². The highest BCUT2D eigenvalue weighted by Crippen LogP contribution is 2.13. The third-order valence-electron chi connectivity index (χ3n) is 4.05. The first-order valence-electron chi connectivity index (χ1n) is 8.04. The van der Waals surface area contributed by atoms with Gasteiger partial charge in [-0.15, -0.1) is 0 Å². The van der Waals surface area contributed by atoms with Crippen LogP contribution in [0.4, 0.5) is 10.5 Å². The van der Waals surface area contributed by atoms with Crippen molar-refractivity contribution in [1.29, 1.82) is 0 Å². The van der Waals surface area contributed by atoms with Crippen LogP contribution < -0.4 is 5.32 Å². The van der Waals surface area contributed by atoms with Gasteiger partial charge in [0.25, 0.3) is 0 Å². The molecular formula is C17H25N3O3. The van der Waals surface area contributed by atoms with Crippen LogP contribution in [0.2, 0.25) is 0 Å². The van der Waals surface area contributed by atoms with Crippen molar-refractivity contribution in [2.75, 3.05) is 38.1 Å². The van der Waals surface area contributed by atoms with Crippen LogP contribution in [-0.2, 0) is 9.53 Å². The minimum atomic E-state index is -0.274. The van der Waals surface area contributed by atoms with E-state index >= 15 is 0 Å². The van der Waals surface area contributed by atoms with Crippen LogP contribution in [0.5, 0.6) is 0 Å². The molecule has 2 amide bonds. The SMILES string of the molecule is CCOC(=O)N1CCN([C@H](C)C(=O)Nc2cccc(C)c2)CC1. The van der Waals surface area contributed by atoms with Gasteiger partial charge < -0.3 is 15.0 Å². The summed E-state index contributed by atoms with van der Waals surface area (Å²) in [6, 6.07) is 7.51. The fraction of sp³-hybridized carbons (Fsp3) is 0.529. The number of carbonyl (C=O) groups is 2. The molecule has 1 atom stereocenters. The molecule has 23 heavy (non-hydrogen) atoms. The summed E-state index contributed by atoms with van der Waals surface area (Å²) in [6.45, 7) is 8.57. The average molecular weight is 319 g/mol. The lowest BCUT2D eigenvalue weighted by atomic mass is 10.2. The maximum absolute atomic E-state index is 12.4. The van der Waals surface area contributed by atoms with Gasteiger partial charge in [-0.2, -0.15) is 0 Å².